The largest absolute Gasteiger partial charge is 0.451 e. The monoisotopic (exact) mass is 521 g/mol. The molecular weight excluding hydrogens is 494 g/mol. The Labute approximate surface area is 207 Å². The fraction of sp³-hybridized carbons (Fsp3) is 0.435. The van der Waals surface area contributed by atoms with Gasteiger partial charge in [0.15, 0.2) is 6.10 Å². The van der Waals surface area contributed by atoms with Crippen LogP contribution in [0.5, 0.6) is 0 Å². The van der Waals surface area contributed by atoms with E-state index in [0.717, 1.165) is 0 Å². The number of carbonyl (C=O) groups is 3. The van der Waals surface area contributed by atoms with Crippen LogP contribution in [0.4, 0.5) is 5.69 Å². The number of hydrogen-bond donors (Lipinski definition) is 1. The molecule has 2 aliphatic heterocycles. The van der Waals surface area contributed by atoms with Gasteiger partial charge in [-0.3, -0.25) is 9.59 Å². The van der Waals surface area contributed by atoms with Crippen LogP contribution in [0.1, 0.15) is 29.4 Å². The quantitative estimate of drug-likeness (QED) is 0.553. The lowest BCUT2D eigenvalue weighted by molar-refractivity contribution is -0.156. The van der Waals surface area contributed by atoms with Gasteiger partial charge in [0.25, 0.3) is 11.8 Å². The first-order valence-corrected chi connectivity index (χ1v) is 13.6. The molecular formula is C23H27N3O7S2. The van der Waals surface area contributed by atoms with Crippen molar-refractivity contribution in [3.05, 3.63) is 46.7 Å². The van der Waals surface area contributed by atoms with Gasteiger partial charge in [-0.05, 0) is 49.4 Å². The average Bonchev–Trinajstić information content (AvgIpc) is 3.57. The molecule has 0 bridgehead atoms. The minimum atomic E-state index is -3.72. The molecule has 12 heteroatoms. The molecule has 2 amide bonds. The predicted octanol–water partition coefficient (Wildman–Crippen LogP) is 1.94. The summed E-state index contributed by atoms with van der Waals surface area (Å²) in [6, 6.07) is 8.65. The molecule has 1 unspecified atom stereocenters. The molecule has 1 aromatic heterocycles. The number of anilines is 1. The van der Waals surface area contributed by atoms with Gasteiger partial charge in [-0.25, -0.2) is 13.2 Å². The molecule has 1 aromatic carbocycles. The van der Waals surface area contributed by atoms with E-state index in [-0.39, 0.29) is 29.6 Å². The summed E-state index contributed by atoms with van der Waals surface area (Å²) in [7, 11) is -3.72. The van der Waals surface area contributed by atoms with Crippen LogP contribution in [0.2, 0.25) is 0 Å². The number of carbonyl (C=O) groups excluding carboxylic acids is 3. The average molecular weight is 522 g/mol. The van der Waals surface area contributed by atoms with Crippen LogP contribution in [0.3, 0.4) is 0 Å². The number of nitrogens with one attached hydrogen (secondary N) is 1. The molecule has 3 heterocycles. The first kappa shape index (κ1) is 25.3. The van der Waals surface area contributed by atoms with E-state index in [9.17, 15) is 22.8 Å². The zero-order valence-electron chi connectivity index (χ0n) is 19.2. The minimum absolute atomic E-state index is 0.0514. The van der Waals surface area contributed by atoms with Crippen LogP contribution >= 0.6 is 11.3 Å². The van der Waals surface area contributed by atoms with E-state index in [1.165, 1.54) is 45.7 Å². The summed E-state index contributed by atoms with van der Waals surface area (Å²) < 4.78 is 37.7. The second kappa shape index (κ2) is 10.9. The van der Waals surface area contributed by atoms with E-state index in [0.29, 0.717) is 37.5 Å². The summed E-state index contributed by atoms with van der Waals surface area (Å²) in [5.41, 5.74) is 0.266. The molecule has 35 heavy (non-hydrogen) atoms. The van der Waals surface area contributed by atoms with Crippen molar-refractivity contribution in [2.45, 2.75) is 36.8 Å². The molecule has 188 valence electrons. The van der Waals surface area contributed by atoms with Crippen molar-refractivity contribution < 1.29 is 32.3 Å². The van der Waals surface area contributed by atoms with Gasteiger partial charge in [-0.2, -0.15) is 4.31 Å². The summed E-state index contributed by atoms with van der Waals surface area (Å²) in [5, 5.41) is 4.40. The van der Waals surface area contributed by atoms with Crippen molar-refractivity contribution in [3.63, 3.8) is 0 Å². The van der Waals surface area contributed by atoms with Crippen LogP contribution in [-0.2, 0) is 29.1 Å². The highest BCUT2D eigenvalue weighted by Crippen LogP contribution is 2.24. The van der Waals surface area contributed by atoms with Crippen molar-refractivity contribution in [1.29, 1.82) is 0 Å². The van der Waals surface area contributed by atoms with Crippen LogP contribution in [0.25, 0.3) is 0 Å². The van der Waals surface area contributed by atoms with Gasteiger partial charge in [0.1, 0.15) is 6.04 Å². The maximum Gasteiger partial charge on any atom is 0.329 e. The number of rotatable bonds is 7. The number of ether oxygens (including phenoxy) is 2. The van der Waals surface area contributed by atoms with E-state index in [4.69, 9.17) is 9.47 Å². The summed E-state index contributed by atoms with van der Waals surface area (Å²) in [6.07, 6.45) is -0.00515. The zero-order chi connectivity index (χ0) is 25.0. The van der Waals surface area contributed by atoms with E-state index >= 15 is 0 Å². The van der Waals surface area contributed by atoms with Crippen LogP contribution in [0, 0.1) is 0 Å². The molecule has 2 atom stereocenters. The van der Waals surface area contributed by atoms with Crippen molar-refractivity contribution in [2.75, 3.05) is 38.2 Å². The second-order valence-electron chi connectivity index (χ2n) is 8.25. The Hall–Kier alpha value is -2.80. The first-order chi connectivity index (χ1) is 16.8. The van der Waals surface area contributed by atoms with E-state index in [1.807, 2.05) is 0 Å². The fourth-order valence-corrected chi connectivity index (χ4v) is 6.15. The number of benzene rings is 1. The van der Waals surface area contributed by atoms with Crippen molar-refractivity contribution >= 4 is 44.8 Å². The Morgan fingerprint density at radius 3 is 2.63 bits per heavy atom. The molecule has 1 N–H and O–H groups in total. The third-order valence-corrected chi connectivity index (χ3v) is 8.64. The van der Waals surface area contributed by atoms with Crippen molar-refractivity contribution in [1.82, 2.24) is 9.21 Å². The molecule has 10 nitrogen and oxygen atoms in total. The van der Waals surface area contributed by atoms with Gasteiger partial charge in [-0.15, -0.1) is 11.3 Å². The van der Waals surface area contributed by atoms with Gasteiger partial charge in [0.2, 0.25) is 10.0 Å². The van der Waals surface area contributed by atoms with Gasteiger partial charge in [0.05, 0.1) is 23.0 Å². The third-order valence-electron chi connectivity index (χ3n) is 5.89. The number of amides is 2. The molecule has 0 spiro atoms. The molecule has 2 aromatic rings. The molecule has 0 radical (unpaired) electrons. The third kappa shape index (κ3) is 5.72. The standard InChI is InChI=1S/C23H27N3O7S2/c1-16(33-23(29)19-7-3-9-26(19)22(28)20-8-4-14-34-20)21(27)24-17-5-2-6-18(15-17)35(30,31)25-10-12-32-13-11-25/h2,4-6,8,14-16,19H,3,7,9-13H2,1H3,(H,24,27)/t16?,19-/m0/s1. The fourth-order valence-electron chi connectivity index (χ4n) is 4.02. The normalized spacial score (nSPS) is 19.8. The molecule has 0 aliphatic carbocycles. The smallest absolute Gasteiger partial charge is 0.329 e. The Kier molecular flexibility index (Phi) is 7.85. The Morgan fingerprint density at radius 2 is 1.91 bits per heavy atom. The number of likely N-dealkylation sites (tertiary alicyclic amines) is 1. The predicted molar refractivity (Wildman–Crippen MR) is 129 cm³/mol. The van der Waals surface area contributed by atoms with E-state index in [2.05, 4.69) is 5.32 Å². The zero-order valence-corrected chi connectivity index (χ0v) is 20.8. The lowest BCUT2D eigenvalue weighted by Crippen LogP contribution is -2.43. The van der Waals surface area contributed by atoms with Crippen molar-refractivity contribution in [3.8, 4) is 0 Å². The number of hydrogen-bond acceptors (Lipinski definition) is 8. The summed E-state index contributed by atoms with van der Waals surface area (Å²) in [6.45, 7) is 3.06. The lowest BCUT2D eigenvalue weighted by atomic mass is 10.2. The number of esters is 1. The van der Waals surface area contributed by atoms with Crippen LogP contribution < -0.4 is 5.32 Å². The highest BCUT2D eigenvalue weighted by atomic mass is 32.2. The summed E-state index contributed by atoms with van der Waals surface area (Å²) in [5.74, 6) is -1.47. The highest BCUT2D eigenvalue weighted by molar-refractivity contribution is 7.89. The molecule has 2 aliphatic rings. The molecule has 2 saturated heterocycles. The highest BCUT2D eigenvalue weighted by Gasteiger charge is 2.37. The van der Waals surface area contributed by atoms with Gasteiger partial charge >= 0.3 is 5.97 Å². The lowest BCUT2D eigenvalue weighted by Gasteiger charge is -2.26. The van der Waals surface area contributed by atoms with Crippen molar-refractivity contribution in [2.24, 2.45) is 0 Å². The Morgan fingerprint density at radius 1 is 1.14 bits per heavy atom. The van der Waals surface area contributed by atoms with Crippen LogP contribution in [-0.4, -0.2) is 80.4 Å². The van der Waals surface area contributed by atoms with E-state index < -0.39 is 34.0 Å². The number of thiophene rings is 1. The SMILES string of the molecule is CC(OC(=O)[C@@H]1CCCN1C(=O)c1cccs1)C(=O)Nc1cccc(S(=O)(=O)N2CCOCC2)c1. The molecule has 2 fully saturated rings. The number of nitrogens with zero attached hydrogens (tertiary/aromatic N) is 2. The summed E-state index contributed by atoms with van der Waals surface area (Å²) in [4.78, 5) is 40.2. The molecule has 4 rings (SSSR count). The van der Waals surface area contributed by atoms with Crippen LogP contribution in [0.15, 0.2) is 46.7 Å². The Balaban J connectivity index is 1.37. The topological polar surface area (TPSA) is 122 Å². The number of morpholine rings is 1. The number of sulfonamides is 1. The maximum absolute atomic E-state index is 12.9. The van der Waals surface area contributed by atoms with Gasteiger partial charge in [0, 0.05) is 25.3 Å². The van der Waals surface area contributed by atoms with E-state index in [1.54, 1.807) is 23.6 Å². The van der Waals surface area contributed by atoms with Gasteiger partial charge in [-0.1, -0.05) is 12.1 Å². The minimum Gasteiger partial charge on any atom is -0.451 e. The molecule has 0 saturated carbocycles. The maximum atomic E-state index is 12.9. The first-order valence-electron chi connectivity index (χ1n) is 11.3. The Bertz CT molecular complexity index is 1180. The van der Waals surface area contributed by atoms with Gasteiger partial charge < -0.3 is 19.7 Å². The summed E-state index contributed by atoms with van der Waals surface area (Å²) >= 11 is 1.30. The second-order valence-corrected chi connectivity index (χ2v) is 11.1.